The molecule has 0 bridgehead atoms. The first-order chi connectivity index (χ1) is 16.1. The lowest BCUT2D eigenvalue weighted by Gasteiger charge is -2.20. The minimum Gasteiger partial charge on any atom is -0.465 e. The van der Waals surface area contributed by atoms with Crippen molar-refractivity contribution in [3.63, 3.8) is 0 Å². The van der Waals surface area contributed by atoms with Gasteiger partial charge in [0.15, 0.2) is 0 Å². The number of rotatable bonds is 6. The normalized spacial score (nSPS) is 18.2. The average molecular weight is 546 g/mol. The number of nitrogens with zero attached hydrogens (tertiary/aromatic N) is 6. The number of benzene rings is 1. The van der Waals surface area contributed by atoms with Gasteiger partial charge in [0.1, 0.15) is 5.75 Å². The van der Waals surface area contributed by atoms with E-state index in [9.17, 15) is 27.9 Å². The summed E-state index contributed by atoms with van der Waals surface area (Å²) >= 11 is 3.18. The van der Waals surface area contributed by atoms with Crippen LogP contribution in [0.3, 0.4) is 0 Å². The van der Waals surface area contributed by atoms with Gasteiger partial charge in [-0.05, 0) is 40.5 Å². The van der Waals surface area contributed by atoms with Crippen molar-refractivity contribution in [1.29, 1.82) is 0 Å². The van der Waals surface area contributed by atoms with Crippen molar-refractivity contribution in [2.45, 2.75) is 31.4 Å². The third-order valence-corrected chi connectivity index (χ3v) is 5.58. The number of hydrogen-bond acceptors (Lipinski definition) is 8. The van der Waals surface area contributed by atoms with Crippen LogP contribution >= 0.6 is 15.9 Å². The highest BCUT2D eigenvalue weighted by molar-refractivity contribution is 9.10. The van der Waals surface area contributed by atoms with E-state index in [1.54, 1.807) is 6.20 Å². The molecule has 2 N–H and O–H groups in total. The van der Waals surface area contributed by atoms with Crippen molar-refractivity contribution in [2.75, 3.05) is 6.54 Å². The SMILES string of the molecule is O=C(NC1C[C@H](Cn2ccnn2)N(C(=O)O)C1)c1nnc(-c2cc(OC(F)(F)F)ccc2Br)o1. The van der Waals surface area contributed by atoms with Gasteiger partial charge in [0, 0.05) is 23.3 Å². The number of hydrogen-bond donors (Lipinski definition) is 2. The van der Waals surface area contributed by atoms with Gasteiger partial charge in [0.25, 0.3) is 0 Å². The van der Waals surface area contributed by atoms with Crippen LogP contribution in [-0.2, 0) is 6.54 Å². The molecule has 2 amide bonds. The number of carbonyl (C=O) groups excluding carboxylic acids is 1. The molecular weight excluding hydrogens is 531 g/mol. The van der Waals surface area contributed by atoms with Crippen LogP contribution in [0.15, 0.2) is 39.5 Å². The van der Waals surface area contributed by atoms with Crippen molar-refractivity contribution in [3.05, 3.63) is 41.0 Å². The smallest absolute Gasteiger partial charge is 0.465 e. The van der Waals surface area contributed by atoms with E-state index in [0.29, 0.717) is 10.9 Å². The molecule has 0 aliphatic carbocycles. The molecule has 1 aromatic carbocycles. The van der Waals surface area contributed by atoms with Crippen LogP contribution in [0.4, 0.5) is 18.0 Å². The molecule has 34 heavy (non-hydrogen) atoms. The number of carbonyl (C=O) groups is 2. The highest BCUT2D eigenvalue weighted by Gasteiger charge is 2.37. The van der Waals surface area contributed by atoms with Crippen LogP contribution in [0.1, 0.15) is 17.1 Å². The summed E-state index contributed by atoms with van der Waals surface area (Å²) in [6, 6.07) is 2.44. The molecule has 1 unspecified atom stereocenters. The van der Waals surface area contributed by atoms with Crippen LogP contribution in [0, 0.1) is 0 Å². The Morgan fingerprint density at radius 2 is 2.12 bits per heavy atom. The molecule has 0 saturated carbocycles. The summed E-state index contributed by atoms with van der Waals surface area (Å²) in [6.45, 7) is 0.289. The Labute approximate surface area is 196 Å². The monoisotopic (exact) mass is 545 g/mol. The molecule has 1 fully saturated rings. The van der Waals surface area contributed by atoms with Gasteiger partial charge in [0.2, 0.25) is 5.89 Å². The maximum atomic E-state index is 12.6. The highest BCUT2D eigenvalue weighted by Crippen LogP contribution is 2.33. The Morgan fingerprint density at radius 1 is 1.32 bits per heavy atom. The summed E-state index contributed by atoms with van der Waals surface area (Å²) in [5, 5.41) is 27.0. The molecule has 1 aliphatic heterocycles. The van der Waals surface area contributed by atoms with E-state index < -0.39 is 42.1 Å². The first kappa shape index (κ1) is 23.5. The van der Waals surface area contributed by atoms with Crippen LogP contribution in [0.5, 0.6) is 5.75 Å². The predicted octanol–water partition coefficient (Wildman–Crippen LogP) is 2.54. The second kappa shape index (κ2) is 9.28. The average Bonchev–Trinajstić information content (AvgIpc) is 3.50. The molecule has 1 aliphatic rings. The fraction of sp³-hybridized carbons (Fsp3) is 0.333. The number of carboxylic acid groups (broad SMARTS) is 1. The van der Waals surface area contributed by atoms with Gasteiger partial charge in [-0.25, -0.2) is 4.79 Å². The van der Waals surface area contributed by atoms with Crippen LogP contribution in [-0.4, -0.2) is 72.2 Å². The van der Waals surface area contributed by atoms with Crippen molar-refractivity contribution < 1.29 is 37.0 Å². The molecule has 180 valence electrons. The lowest BCUT2D eigenvalue weighted by atomic mass is 10.1. The fourth-order valence-corrected chi connectivity index (χ4v) is 3.93. The second-order valence-corrected chi connectivity index (χ2v) is 8.08. The standard InChI is InChI=1S/C18H15BrF3N7O5/c19-13-2-1-11(34-18(20,21)22)6-12(13)15-25-26-16(33-15)14(30)24-9-5-10(29(7-9)17(31)32)8-28-4-3-23-27-28/h1-4,6,9-10H,5,7-8H2,(H,24,30)(H,31,32)/t9?,10-/m1/s1. The number of nitrogens with one attached hydrogen (secondary N) is 1. The number of aromatic nitrogens is 5. The minimum absolute atomic E-state index is 0.0316. The van der Waals surface area contributed by atoms with Crippen LogP contribution in [0.2, 0.25) is 0 Å². The number of alkyl halides is 3. The van der Waals surface area contributed by atoms with E-state index in [1.165, 1.54) is 21.8 Å². The van der Waals surface area contributed by atoms with E-state index in [4.69, 9.17) is 4.42 Å². The number of likely N-dealkylation sites (tertiary alicyclic amines) is 1. The first-order valence-corrected chi connectivity index (χ1v) is 10.4. The summed E-state index contributed by atoms with van der Waals surface area (Å²) < 4.78 is 48.6. The fourth-order valence-electron chi connectivity index (χ4n) is 3.51. The molecule has 3 aromatic rings. The quantitative estimate of drug-likeness (QED) is 0.476. The Kier molecular flexibility index (Phi) is 6.41. The molecule has 2 aromatic heterocycles. The molecule has 1 saturated heterocycles. The van der Waals surface area contributed by atoms with Crippen LogP contribution < -0.4 is 10.1 Å². The molecule has 2 atom stereocenters. The van der Waals surface area contributed by atoms with Gasteiger partial charge < -0.3 is 24.5 Å². The van der Waals surface area contributed by atoms with Crippen molar-refractivity contribution in [1.82, 2.24) is 35.4 Å². The van der Waals surface area contributed by atoms with E-state index in [2.05, 4.69) is 46.5 Å². The van der Waals surface area contributed by atoms with E-state index in [1.807, 2.05) is 0 Å². The van der Waals surface area contributed by atoms with Gasteiger partial charge in [-0.15, -0.1) is 28.5 Å². The van der Waals surface area contributed by atoms with Gasteiger partial charge in [-0.2, -0.15) is 0 Å². The van der Waals surface area contributed by atoms with Gasteiger partial charge in [-0.1, -0.05) is 5.21 Å². The Hall–Kier alpha value is -3.69. The van der Waals surface area contributed by atoms with E-state index in [-0.39, 0.29) is 24.5 Å². The number of amides is 2. The summed E-state index contributed by atoms with van der Waals surface area (Å²) in [5.41, 5.74) is 0.0825. The first-order valence-electron chi connectivity index (χ1n) is 9.63. The molecule has 4 rings (SSSR count). The van der Waals surface area contributed by atoms with Gasteiger partial charge in [0.05, 0.1) is 24.3 Å². The molecule has 16 heteroatoms. The van der Waals surface area contributed by atoms with Crippen molar-refractivity contribution in [2.24, 2.45) is 0 Å². The molecular formula is C18H15BrF3N7O5. The van der Waals surface area contributed by atoms with Gasteiger partial charge >= 0.3 is 24.3 Å². The summed E-state index contributed by atoms with van der Waals surface area (Å²) in [5.74, 6) is -1.92. The summed E-state index contributed by atoms with van der Waals surface area (Å²) in [7, 11) is 0. The van der Waals surface area contributed by atoms with E-state index in [0.717, 1.165) is 12.1 Å². The number of halogens is 4. The lowest BCUT2D eigenvalue weighted by Crippen LogP contribution is -2.39. The third-order valence-electron chi connectivity index (χ3n) is 4.89. The van der Waals surface area contributed by atoms with E-state index >= 15 is 0 Å². The van der Waals surface area contributed by atoms with Crippen LogP contribution in [0.25, 0.3) is 11.5 Å². The molecule has 12 nitrogen and oxygen atoms in total. The highest BCUT2D eigenvalue weighted by atomic mass is 79.9. The van der Waals surface area contributed by atoms with Crippen molar-refractivity contribution in [3.8, 4) is 17.2 Å². The largest absolute Gasteiger partial charge is 0.573 e. The maximum absolute atomic E-state index is 12.6. The van der Waals surface area contributed by atoms with Crippen molar-refractivity contribution >= 4 is 27.9 Å². The third kappa shape index (κ3) is 5.44. The summed E-state index contributed by atoms with van der Waals surface area (Å²) in [4.78, 5) is 25.4. The topological polar surface area (TPSA) is 148 Å². The minimum atomic E-state index is -4.89. The second-order valence-electron chi connectivity index (χ2n) is 7.22. The number of ether oxygens (including phenoxy) is 1. The zero-order chi connectivity index (χ0) is 24.5. The Bertz CT molecular complexity index is 1190. The lowest BCUT2D eigenvalue weighted by molar-refractivity contribution is -0.274. The Morgan fingerprint density at radius 3 is 2.79 bits per heavy atom. The van der Waals surface area contributed by atoms with Gasteiger partial charge in [-0.3, -0.25) is 9.48 Å². The Balaban J connectivity index is 1.45. The molecule has 0 spiro atoms. The predicted molar refractivity (Wildman–Crippen MR) is 109 cm³/mol. The zero-order valence-corrected chi connectivity index (χ0v) is 18.5. The zero-order valence-electron chi connectivity index (χ0n) is 16.9. The maximum Gasteiger partial charge on any atom is 0.573 e. The molecule has 3 heterocycles. The summed E-state index contributed by atoms with van der Waals surface area (Å²) in [6.07, 6.45) is -2.66. The molecule has 0 radical (unpaired) electrons.